The normalized spacial score (nSPS) is 18.1. The number of rotatable bonds is 3. The lowest BCUT2D eigenvalue weighted by Gasteiger charge is -2.22. The van der Waals surface area contributed by atoms with Crippen molar-refractivity contribution in [3.8, 4) is 0 Å². The summed E-state index contributed by atoms with van der Waals surface area (Å²) in [6.07, 6.45) is 1.42. The number of urea groups is 1. The lowest BCUT2D eigenvalue weighted by Crippen LogP contribution is -2.42. The van der Waals surface area contributed by atoms with E-state index in [4.69, 9.17) is 10.5 Å². The molecule has 7 heteroatoms. The minimum absolute atomic E-state index is 0.0856. The lowest BCUT2D eigenvalue weighted by atomic mass is 10.2. The highest BCUT2D eigenvalue weighted by molar-refractivity contribution is 5.89. The van der Waals surface area contributed by atoms with Crippen LogP contribution in [0.25, 0.3) is 0 Å². The first-order chi connectivity index (χ1) is 9.49. The summed E-state index contributed by atoms with van der Waals surface area (Å²) in [7, 11) is 0. The topological polar surface area (TPSA) is 72.6 Å². The molecule has 2 amide bonds. The highest BCUT2D eigenvalue weighted by Crippen LogP contribution is 2.18. The minimum Gasteiger partial charge on any atom is -0.460 e. The number of halogens is 2. The maximum atomic E-state index is 13.4. The zero-order valence-electron chi connectivity index (χ0n) is 10.6. The van der Waals surface area contributed by atoms with E-state index in [1.807, 2.05) is 0 Å². The standard InChI is InChI=1S/C13H14F2N2O3/c14-8-3-4-11(15)10(6-8)12(18)20-7-9-2-1-5-17(9)13(16)19/h3-4,6,9H,1-2,5,7H2,(H2,16,19)/t9-/m0/s1. The fourth-order valence-electron chi connectivity index (χ4n) is 2.20. The molecule has 1 saturated heterocycles. The molecular formula is C13H14F2N2O3. The first kappa shape index (κ1) is 14.2. The van der Waals surface area contributed by atoms with Gasteiger partial charge in [0.15, 0.2) is 0 Å². The van der Waals surface area contributed by atoms with Crippen LogP contribution in [-0.4, -0.2) is 36.1 Å². The van der Waals surface area contributed by atoms with Gasteiger partial charge in [-0.15, -0.1) is 0 Å². The van der Waals surface area contributed by atoms with Gasteiger partial charge in [-0.05, 0) is 31.0 Å². The molecule has 5 nitrogen and oxygen atoms in total. The molecule has 20 heavy (non-hydrogen) atoms. The number of benzene rings is 1. The van der Waals surface area contributed by atoms with Crippen molar-refractivity contribution in [2.24, 2.45) is 5.73 Å². The number of carbonyl (C=O) groups excluding carboxylic acids is 2. The molecule has 1 aromatic carbocycles. The van der Waals surface area contributed by atoms with E-state index < -0.39 is 29.2 Å². The number of primary amides is 1. The Kier molecular flexibility index (Phi) is 4.16. The molecule has 2 N–H and O–H groups in total. The van der Waals surface area contributed by atoms with E-state index in [2.05, 4.69) is 0 Å². The van der Waals surface area contributed by atoms with Crippen molar-refractivity contribution in [2.75, 3.05) is 13.2 Å². The minimum atomic E-state index is -0.960. The van der Waals surface area contributed by atoms with Crippen LogP contribution in [0.1, 0.15) is 23.2 Å². The summed E-state index contributed by atoms with van der Waals surface area (Å²) >= 11 is 0. The summed E-state index contributed by atoms with van der Waals surface area (Å²) in [6.45, 7) is 0.420. The molecule has 1 atom stereocenters. The second-order valence-corrected chi connectivity index (χ2v) is 4.55. The van der Waals surface area contributed by atoms with E-state index in [1.165, 1.54) is 4.90 Å². The maximum absolute atomic E-state index is 13.4. The predicted octanol–water partition coefficient (Wildman–Crippen LogP) is 1.66. The van der Waals surface area contributed by atoms with Gasteiger partial charge < -0.3 is 15.4 Å². The Labute approximate surface area is 114 Å². The summed E-state index contributed by atoms with van der Waals surface area (Å²) in [6, 6.07) is 1.65. The van der Waals surface area contributed by atoms with Gasteiger partial charge >= 0.3 is 12.0 Å². The second-order valence-electron chi connectivity index (χ2n) is 4.55. The number of nitrogens with two attached hydrogens (primary N) is 1. The number of nitrogens with zero attached hydrogens (tertiary/aromatic N) is 1. The van der Waals surface area contributed by atoms with Gasteiger partial charge in [0.1, 0.15) is 18.2 Å². The number of hydrogen-bond donors (Lipinski definition) is 1. The van der Waals surface area contributed by atoms with E-state index in [0.29, 0.717) is 13.0 Å². The van der Waals surface area contributed by atoms with E-state index in [0.717, 1.165) is 24.6 Å². The van der Waals surface area contributed by atoms with Crippen molar-refractivity contribution >= 4 is 12.0 Å². The highest BCUT2D eigenvalue weighted by atomic mass is 19.1. The average molecular weight is 284 g/mol. The van der Waals surface area contributed by atoms with Gasteiger partial charge in [-0.3, -0.25) is 0 Å². The molecule has 2 rings (SSSR count). The highest BCUT2D eigenvalue weighted by Gasteiger charge is 2.28. The Morgan fingerprint density at radius 1 is 1.40 bits per heavy atom. The summed E-state index contributed by atoms with van der Waals surface area (Å²) in [4.78, 5) is 24.2. The van der Waals surface area contributed by atoms with Crippen molar-refractivity contribution in [1.29, 1.82) is 0 Å². The largest absolute Gasteiger partial charge is 0.460 e. The maximum Gasteiger partial charge on any atom is 0.341 e. The molecule has 1 aliphatic heterocycles. The van der Waals surface area contributed by atoms with Gasteiger partial charge in [0.05, 0.1) is 11.6 Å². The van der Waals surface area contributed by atoms with Crippen LogP contribution in [-0.2, 0) is 4.74 Å². The Bertz CT molecular complexity index is 536. The molecule has 0 bridgehead atoms. The third-order valence-electron chi connectivity index (χ3n) is 3.22. The number of likely N-dealkylation sites (tertiary alicyclic amines) is 1. The summed E-state index contributed by atoms with van der Waals surface area (Å²) < 4.78 is 31.3. The van der Waals surface area contributed by atoms with Crippen LogP contribution in [0.5, 0.6) is 0 Å². The van der Waals surface area contributed by atoms with Crippen LogP contribution in [0.2, 0.25) is 0 Å². The Morgan fingerprint density at radius 3 is 2.85 bits per heavy atom. The zero-order chi connectivity index (χ0) is 14.7. The third kappa shape index (κ3) is 3.04. The van der Waals surface area contributed by atoms with Crippen molar-refractivity contribution in [3.63, 3.8) is 0 Å². The first-order valence-electron chi connectivity index (χ1n) is 6.17. The second kappa shape index (κ2) is 5.85. The predicted molar refractivity (Wildman–Crippen MR) is 66.0 cm³/mol. The summed E-state index contributed by atoms with van der Waals surface area (Å²) in [5, 5.41) is 0. The molecule has 0 spiro atoms. The van der Waals surface area contributed by atoms with Crippen LogP contribution in [0, 0.1) is 11.6 Å². The van der Waals surface area contributed by atoms with Crippen LogP contribution in [0.4, 0.5) is 13.6 Å². The first-order valence-corrected chi connectivity index (χ1v) is 6.17. The number of esters is 1. The summed E-state index contributed by atoms with van der Waals surface area (Å²) in [5.41, 5.74) is 4.72. The van der Waals surface area contributed by atoms with Crippen LogP contribution in [0.3, 0.4) is 0 Å². The van der Waals surface area contributed by atoms with Crippen LogP contribution < -0.4 is 5.73 Å². The monoisotopic (exact) mass is 284 g/mol. The Hall–Kier alpha value is -2.18. The summed E-state index contributed by atoms with van der Waals surface area (Å²) in [5.74, 6) is -2.54. The average Bonchev–Trinajstić information content (AvgIpc) is 2.87. The molecule has 0 aliphatic carbocycles. The Balaban J connectivity index is 1.98. The smallest absolute Gasteiger partial charge is 0.341 e. The van der Waals surface area contributed by atoms with E-state index >= 15 is 0 Å². The Morgan fingerprint density at radius 2 is 2.15 bits per heavy atom. The van der Waals surface area contributed by atoms with Gasteiger partial charge in [0, 0.05) is 6.54 Å². The van der Waals surface area contributed by atoms with E-state index in [-0.39, 0.29) is 12.6 Å². The van der Waals surface area contributed by atoms with Gasteiger partial charge in [0.25, 0.3) is 0 Å². The number of amides is 2. The number of hydrogen-bond acceptors (Lipinski definition) is 3. The fraction of sp³-hybridized carbons (Fsp3) is 0.385. The van der Waals surface area contributed by atoms with Crippen LogP contribution in [0.15, 0.2) is 18.2 Å². The molecular weight excluding hydrogens is 270 g/mol. The van der Waals surface area contributed by atoms with E-state index in [9.17, 15) is 18.4 Å². The number of ether oxygens (including phenoxy) is 1. The molecule has 1 aromatic rings. The SMILES string of the molecule is NC(=O)N1CCC[C@H]1COC(=O)c1cc(F)ccc1F. The number of carbonyl (C=O) groups is 2. The fourth-order valence-corrected chi connectivity index (χ4v) is 2.20. The molecule has 1 heterocycles. The zero-order valence-corrected chi connectivity index (χ0v) is 10.6. The molecule has 1 fully saturated rings. The van der Waals surface area contributed by atoms with Gasteiger partial charge in [-0.25, -0.2) is 18.4 Å². The van der Waals surface area contributed by atoms with Crippen molar-refractivity contribution in [1.82, 2.24) is 4.90 Å². The lowest BCUT2D eigenvalue weighted by molar-refractivity contribution is 0.0416. The van der Waals surface area contributed by atoms with Gasteiger partial charge in [-0.1, -0.05) is 0 Å². The van der Waals surface area contributed by atoms with Crippen LogP contribution >= 0.6 is 0 Å². The quantitative estimate of drug-likeness (QED) is 0.858. The van der Waals surface area contributed by atoms with Crippen molar-refractivity contribution < 1.29 is 23.1 Å². The molecule has 0 unspecified atom stereocenters. The van der Waals surface area contributed by atoms with Crippen molar-refractivity contribution in [2.45, 2.75) is 18.9 Å². The van der Waals surface area contributed by atoms with Crippen molar-refractivity contribution in [3.05, 3.63) is 35.4 Å². The molecule has 0 aromatic heterocycles. The molecule has 108 valence electrons. The molecule has 0 radical (unpaired) electrons. The molecule has 1 aliphatic rings. The van der Waals surface area contributed by atoms with Gasteiger partial charge in [0.2, 0.25) is 0 Å². The van der Waals surface area contributed by atoms with E-state index in [1.54, 1.807) is 0 Å². The molecule has 0 saturated carbocycles. The third-order valence-corrected chi connectivity index (χ3v) is 3.22. The van der Waals surface area contributed by atoms with Gasteiger partial charge in [-0.2, -0.15) is 0 Å².